The molecule has 9 heteroatoms. The van der Waals surface area contributed by atoms with Crippen LogP contribution in [0.2, 0.25) is 5.02 Å². The van der Waals surface area contributed by atoms with Gasteiger partial charge in [0.15, 0.2) is 4.80 Å². The fourth-order valence-corrected chi connectivity index (χ4v) is 6.00. The van der Waals surface area contributed by atoms with E-state index in [2.05, 4.69) is 11.9 Å². The van der Waals surface area contributed by atoms with Crippen molar-refractivity contribution >= 4 is 46.1 Å². The third-order valence-corrected chi connectivity index (χ3v) is 7.78. The molecule has 3 heterocycles. The molecule has 0 saturated heterocycles. The van der Waals surface area contributed by atoms with Gasteiger partial charge >= 0.3 is 5.97 Å². The molecule has 0 bridgehead atoms. The van der Waals surface area contributed by atoms with Gasteiger partial charge in [0, 0.05) is 17.1 Å². The number of carbonyl (C=O) groups is 2. The zero-order valence-electron chi connectivity index (χ0n) is 20.1. The third-order valence-electron chi connectivity index (χ3n) is 6.47. The molecule has 2 aromatic carbocycles. The van der Waals surface area contributed by atoms with Gasteiger partial charge in [0.2, 0.25) is 0 Å². The number of anilines is 1. The zero-order valence-corrected chi connectivity index (χ0v) is 21.7. The predicted molar refractivity (Wildman–Crippen MR) is 140 cm³/mol. The second-order valence-electron chi connectivity index (χ2n) is 8.65. The van der Waals surface area contributed by atoms with Crippen molar-refractivity contribution in [1.82, 2.24) is 4.57 Å². The molecule has 1 atom stereocenters. The number of amides is 1. The highest BCUT2D eigenvalue weighted by molar-refractivity contribution is 7.07. The second kappa shape index (κ2) is 9.52. The number of esters is 1. The van der Waals surface area contributed by atoms with Crippen molar-refractivity contribution in [2.75, 3.05) is 18.6 Å². The highest BCUT2D eigenvalue weighted by Gasteiger charge is 2.37. The summed E-state index contributed by atoms with van der Waals surface area (Å²) in [6.07, 6.45) is 1.80. The summed E-state index contributed by atoms with van der Waals surface area (Å²) >= 11 is 7.27. The van der Waals surface area contributed by atoms with Gasteiger partial charge in [-0.15, -0.1) is 0 Å². The molecule has 1 amide bonds. The first-order valence-electron chi connectivity index (χ1n) is 11.7. The van der Waals surface area contributed by atoms with Crippen molar-refractivity contribution in [3.8, 4) is 0 Å². The van der Waals surface area contributed by atoms with Crippen LogP contribution in [-0.2, 0) is 14.3 Å². The first-order chi connectivity index (χ1) is 17.4. The number of methoxy groups -OCH3 is 1. The Kier molecular flexibility index (Phi) is 6.40. The Morgan fingerprint density at radius 2 is 1.86 bits per heavy atom. The van der Waals surface area contributed by atoms with E-state index in [0.717, 1.165) is 24.1 Å². The summed E-state index contributed by atoms with van der Waals surface area (Å²) in [5.41, 5.74) is 2.96. The number of nitrogens with zero attached hydrogens (tertiary/aromatic N) is 3. The van der Waals surface area contributed by atoms with Crippen LogP contribution in [0, 0.1) is 0 Å². The van der Waals surface area contributed by atoms with Crippen LogP contribution in [0.4, 0.5) is 5.69 Å². The van der Waals surface area contributed by atoms with E-state index < -0.39 is 12.0 Å². The number of thiazole rings is 1. The highest BCUT2D eigenvalue weighted by atomic mass is 35.5. The summed E-state index contributed by atoms with van der Waals surface area (Å²) in [6, 6.07) is 13.7. The Hall–Kier alpha value is -3.49. The minimum absolute atomic E-state index is 0.193. The van der Waals surface area contributed by atoms with Crippen LogP contribution < -0.4 is 19.8 Å². The van der Waals surface area contributed by atoms with E-state index in [1.807, 2.05) is 24.3 Å². The van der Waals surface area contributed by atoms with Crippen molar-refractivity contribution < 1.29 is 14.3 Å². The molecular formula is C27H24ClN3O4S. The van der Waals surface area contributed by atoms with Gasteiger partial charge in [-0.05, 0) is 37.1 Å². The lowest BCUT2D eigenvalue weighted by atomic mass is 9.96. The maximum absolute atomic E-state index is 14.0. The van der Waals surface area contributed by atoms with Gasteiger partial charge in [0.05, 0.1) is 35.7 Å². The van der Waals surface area contributed by atoms with Gasteiger partial charge in [-0.25, -0.2) is 9.79 Å². The number of halogens is 1. The standard InChI is InChI=1S/C27H24ClN3O4S/c1-4-5-14-30-19-9-7-6-8-18(19)21(24(30)32)23-25(33)31-22(16-10-12-17(28)13-11-16)20(26(34)35-3)15(2)29-27(31)36-23/h6-13,22H,4-5,14H2,1-3H3/b23-21+. The molecule has 184 valence electrons. The molecule has 0 radical (unpaired) electrons. The Morgan fingerprint density at radius 1 is 1.14 bits per heavy atom. The molecule has 7 nitrogen and oxygen atoms in total. The summed E-state index contributed by atoms with van der Waals surface area (Å²) in [4.78, 5) is 47.2. The number of hydrogen-bond acceptors (Lipinski definition) is 6. The Morgan fingerprint density at radius 3 is 2.56 bits per heavy atom. The Balaban J connectivity index is 1.80. The lowest BCUT2D eigenvalue weighted by Crippen LogP contribution is -2.40. The molecule has 3 aromatic rings. The first kappa shape index (κ1) is 24.2. The van der Waals surface area contributed by atoms with Crippen LogP contribution in [-0.4, -0.2) is 30.1 Å². The molecule has 0 aliphatic carbocycles. The minimum Gasteiger partial charge on any atom is -0.466 e. The van der Waals surface area contributed by atoms with Gasteiger partial charge in [0.1, 0.15) is 4.53 Å². The fourth-order valence-electron chi connectivity index (χ4n) is 4.74. The average molecular weight is 522 g/mol. The molecule has 0 fully saturated rings. The molecule has 0 saturated carbocycles. The van der Waals surface area contributed by atoms with Crippen molar-refractivity contribution in [1.29, 1.82) is 0 Å². The maximum atomic E-state index is 14.0. The molecule has 36 heavy (non-hydrogen) atoms. The maximum Gasteiger partial charge on any atom is 0.338 e. The number of aromatic nitrogens is 1. The molecule has 5 rings (SSSR count). The number of carbonyl (C=O) groups excluding carboxylic acids is 2. The predicted octanol–water partition coefficient (Wildman–Crippen LogP) is 3.58. The lowest BCUT2D eigenvalue weighted by Gasteiger charge is -2.24. The van der Waals surface area contributed by atoms with Crippen LogP contribution >= 0.6 is 22.9 Å². The van der Waals surface area contributed by atoms with E-state index >= 15 is 0 Å². The average Bonchev–Trinajstić information content (AvgIpc) is 3.34. The minimum atomic E-state index is -0.761. The molecule has 0 spiro atoms. The van der Waals surface area contributed by atoms with E-state index in [0.29, 0.717) is 37.7 Å². The zero-order chi connectivity index (χ0) is 25.6. The monoisotopic (exact) mass is 521 g/mol. The van der Waals surface area contributed by atoms with E-state index in [1.165, 1.54) is 23.0 Å². The van der Waals surface area contributed by atoms with Gasteiger partial charge < -0.3 is 9.64 Å². The number of allylic oxidation sites excluding steroid dienone is 1. The van der Waals surface area contributed by atoms with Crippen LogP contribution in [0.15, 0.2) is 69.6 Å². The molecule has 2 aliphatic heterocycles. The Labute approximate surface area is 216 Å². The smallest absolute Gasteiger partial charge is 0.338 e. The quantitative estimate of drug-likeness (QED) is 0.481. The number of hydrogen-bond donors (Lipinski definition) is 0. The van der Waals surface area contributed by atoms with E-state index in [4.69, 9.17) is 16.3 Å². The van der Waals surface area contributed by atoms with Crippen LogP contribution in [0.5, 0.6) is 0 Å². The largest absolute Gasteiger partial charge is 0.466 e. The number of unbranched alkanes of at least 4 members (excludes halogenated alkanes) is 1. The van der Waals surface area contributed by atoms with Crippen molar-refractivity contribution in [2.24, 2.45) is 4.99 Å². The molecule has 2 aliphatic rings. The summed E-state index contributed by atoms with van der Waals surface area (Å²) < 4.78 is 6.85. The van der Waals surface area contributed by atoms with Crippen molar-refractivity contribution in [3.05, 3.63) is 95.6 Å². The van der Waals surface area contributed by atoms with Gasteiger partial charge in [-0.2, -0.15) is 0 Å². The van der Waals surface area contributed by atoms with Crippen molar-refractivity contribution in [2.45, 2.75) is 32.7 Å². The van der Waals surface area contributed by atoms with E-state index in [9.17, 15) is 14.4 Å². The van der Waals surface area contributed by atoms with E-state index in [-0.39, 0.29) is 17.0 Å². The molecule has 1 aromatic heterocycles. The lowest BCUT2D eigenvalue weighted by molar-refractivity contribution is -0.136. The number of ether oxygens (including phenoxy) is 1. The fraction of sp³-hybridized carbons (Fsp3) is 0.259. The summed E-state index contributed by atoms with van der Waals surface area (Å²) in [7, 11) is 1.30. The third kappa shape index (κ3) is 3.81. The summed E-state index contributed by atoms with van der Waals surface area (Å²) in [5.74, 6) is -0.760. The molecule has 1 unspecified atom stereocenters. The first-order valence-corrected chi connectivity index (χ1v) is 12.9. The summed E-state index contributed by atoms with van der Waals surface area (Å²) in [5, 5.41) is 0.536. The molecule has 0 N–H and O–H groups in total. The Bertz CT molecular complexity index is 1600. The van der Waals surface area contributed by atoms with Gasteiger partial charge in [0.25, 0.3) is 11.5 Å². The summed E-state index contributed by atoms with van der Waals surface area (Å²) in [6.45, 7) is 4.37. The van der Waals surface area contributed by atoms with Crippen LogP contribution in [0.1, 0.15) is 43.9 Å². The number of para-hydroxylation sites is 1. The normalized spacial score (nSPS) is 18.2. The van der Waals surface area contributed by atoms with Crippen LogP contribution in [0.25, 0.3) is 5.57 Å². The van der Waals surface area contributed by atoms with Gasteiger partial charge in [-0.3, -0.25) is 14.2 Å². The highest BCUT2D eigenvalue weighted by Crippen LogP contribution is 2.36. The van der Waals surface area contributed by atoms with E-state index in [1.54, 1.807) is 36.1 Å². The number of rotatable bonds is 5. The number of benzene rings is 2. The van der Waals surface area contributed by atoms with Gasteiger partial charge in [-0.1, -0.05) is 66.6 Å². The topological polar surface area (TPSA) is 81.0 Å². The second-order valence-corrected chi connectivity index (χ2v) is 10.1. The SMILES string of the molecule is CCCCN1C(=O)/C(=c2/sc3n(c2=O)C(c2ccc(Cl)cc2)C(C(=O)OC)=C(C)N=3)c2ccccc21. The number of fused-ring (bicyclic) bond motifs is 2. The molecular weight excluding hydrogens is 498 g/mol. The van der Waals surface area contributed by atoms with Crippen LogP contribution in [0.3, 0.4) is 0 Å². The van der Waals surface area contributed by atoms with Crippen molar-refractivity contribution in [3.63, 3.8) is 0 Å².